The summed E-state index contributed by atoms with van der Waals surface area (Å²) in [5.74, 6) is -5.65. The highest BCUT2D eigenvalue weighted by molar-refractivity contribution is 5.62. The summed E-state index contributed by atoms with van der Waals surface area (Å²) < 4.78 is 108. The number of imidazole rings is 1. The molecule has 0 saturated carbocycles. The predicted molar refractivity (Wildman–Crippen MR) is 92.1 cm³/mol. The summed E-state index contributed by atoms with van der Waals surface area (Å²) in [6, 6.07) is 4.01. The number of halogens is 8. The second-order valence-corrected chi connectivity index (χ2v) is 6.43. The predicted octanol–water partition coefficient (Wildman–Crippen LogP) is 4.78. The van der Waals surface area contributed by atoms with Crippen LogP contribution >= 0.6 is 0 Å². The van der Waals surface area contributed by atoms with Crippen molar-refractivity contribution in [3.63, 3.8) is 0 Å². The first-order valence-corrected chi connectivity index (χ1v) is 8.62. The van der Waals surface area contributed by atoms with Gasteiger partial charge in [0.25, 0.3) is 5.56 Å². The first kappa shape index (κ1) is 22.6. The molecule has 168 valence electrons. The molecular weight excluding hydrogens is 442 g/mol. The van der Waals surface area contributed by atoms with E-state index >= 15 is 0 Å². The van der Waals surface area contributed by atoms with Crippen LogP contribution in [0.5, 0.6) is 5.88 Å². The van der Waals surface area contributed by atoms with E-state index in [1.165, 1.54) is 13.1 Å². The zero-order valence-electron chi connectivity index (χ0n) is 15.6. The van der Waals surface area contributed by atoms with E-state index in [1.54, 1.807) is 0 Å². The lowest BCUT2D eigenvalue weighted by atomic mass is 10.2. The minimum Gasteiger partial charge on any atom is -0.472 e. The molecule has 0 unspecified atom stereocenters. The molecule has 0 amide bonds. The molecule has 0 fully saturated rings. The van der Waals surface area contributed by atoms with Crippen molar-refractivity contribution in [2.75, 3.05) is 6.61 Å². The fourth-order valence-electron chi connectivity index (χ4n) is 2.72. The molecular formula is C18H13F8N3O2. The maximum absolute atomic E-state index is 13.1. The summed E-state index contributed by atoms with van der Waals surface area (Å²) in [6.07, 6.45) is -8.47. The fraction of sp³-hybridized carbons (Fsp3) is 0.333. The molecule has 0 atom stereocenters. The SMILES string of the molecule is CCn1c(OCC(F)(F)C(F)(F)F)ccc(-c2cn3cc(C(F)(F)F)ccc3n2)c1=O. The van der Waals surface area contributed by atoms with Gasteiger partial charge in [0.05, 0.1) is 16.8 Å². The monoisotopic (exact) mass is 455 g/mol. The molecule has 3 rings (SSSR count). The Hall–Kier alpha value is -3.12. The number of fused-ring (bicyclic) bond motifs is 1. The molecule has 3 aromatic rings. The van der Waals surface area contributed by atoms with Crippen molar-refractivity contribution >= 4 is 5.65 Å². The molecule has 0 saturated heterocycles. The Bertz CT molecular complexity index is 1160. The highest BCUT2D eigenvalue weighted by atomic mass is 19.4. The van der Waals surface area contributed by atoms with Crippen LogP contribution in [0.2, 0.25) is 0 Å². The molecule has 3 aromatic heterocycles. The van der Waals surface area contributed by atoms with Gasteiger partial charge in [-0.2, -0.15) is 35.1 Å². The number of alkyl halides is 8. The van der Waals surface area contributed by atoms with E-state index in [0.717, 1.165) is 39.4 Å². The van der Waals surface area contributed by atoms with Gasteiger partial charge in [-0.25, -0.2) is 4.98 Å². The third kappa shape index (κ3) is 4.35. The maximum Gasteiger partial charge on any atom is 0.456 e. The smallest absolute Gasteiger partial charge is 0.456 e. The van der Waals surface area contributed by atoms with E-state index < -0.39 is 41.9 Å². The summed E-state index contributed by atoms with van der Waals surface area (Å²) in [4.78, 5) is 16.8. The molecule has 0 aliphatic heterocycles. The van der Waals surface area contributed by atoms with Crippen LogP contribution in [0.3, 0.4) is 0 Å². The lowest BCUT2D eigenvalue weighted by Gasteiger charge is -2.21. The molecule has 0 aliphatic rings. The minimum absolute atomic E-state index is 0.0151. The van der Waals surface area contributed by atoms with Crippen LogP contribution in [0.1, 0.15) is 12.5 Å². The topological polar surface area (TPSA) is 48.5 Å². The minimum atomic E-state index is -5.82. The first-order chi connectivity index (χ1) is 14.2. The number of hydrogen-bond donors (Lipinski definition) is 0. The van der Waals surface area contributed by atoms with Gasteiger partial charge in [-0.05, 0) is 31.2 Å². The molecule has 13 heteroatoms. The van der Waals surface area contributed by atoms with Gasteiger partial charge in [0.15, 0.2) is 12.5 Å². The van der Waals surface area contributed by atoms with Crippen LogP contribution in [-0.2, 0) is 12.7 Å². The fourth-order valence-corrected chi connectivity index (χ4v) is 2.72. The quantitative estimate of drug-likeness (QED) is 0.521. The van der Waals surface area contributed by atoms with Crippen molar-refractivity contribution in [1.29, 1.82) is 0 Å². The van der Waals surface area contributed by atoms with Crippen molar-refractivity contribution < 1.29 is 39.9 Å². The normalized spacial score (nSPS) is 13.1. The van der Waals surface area contributed by atoms with Crippen LogP contribution in [0.15, 0.2) is 41.5 Å². The summed E-state index contributed by atoms with van der Waals surface area (Å²) in [6.45, 7) is -0.728. The number of pyridine rings is 2. The van der Waals surface area contributed by atoms with Gasteiger partial charge in [-0.15, -0.1) is 0 Å². The molecule has 5 nitrogen and oxygen atoms in total. The lowest BCUT2D eigenvalue weighted by Crippen LogP contribution is -2.42. The number of aromatic nitrogens is 3. The first-order valence-electron chi connectivity index (χ1n) is 8.62. The van der Waals surface area contributed by atoms with Crippen LogP contribution in [-0.4, -0.2) is 32.7 Å². The summed E-state index contributed by atoms with van der Waals surface area (Å²) in [5, 5.41) is 0. The molecule has 0 aliphatic carbocycles. The van der Waals surface area contributed by atoms with Crippen molar-refractivity contribution in [3.05, 3.63) is 52.6 Å². The Balaban J connectivity index is 1.97. The Labute approximate surface area is 168 Å². The highest BCUT2D eigenvalue weighted by Gasteiger charge is 2.58. The van der Waals surface area contributed by atoms with Crippen molar-refractivity contribution in [1.82, 2.24) is 14.0 Å². The zero-order valence-corrected chi connectivity index (χ0v) is 15.6. The van der Waals surface area contributed by atoms with Crippen molar-refractivity contribution in [2.24, 2.45) is 0 Å². The second kappa shape index (κ2) is 7.54. The molecule has 0 N–H and O–H groups in total. The van der Waals surface area contributed by atoms with E-state index in [0.29, 0.717) is 0 Å². The van der Waals surface area contributed by atoms with Crippen LogP contribution < -0.4 is 10.3 Å². The van der Waals surface area contributed by atoms with E-state index in [-0.39, 0.29) is 23.4 Å². The largest absolute Gasteiger partial charge is 0.472 e. The number of ether oxygens (including phenoxy) is 1. The molecule has 0 spiro atoms. The highest BCUT2D eigenvalue weighted by Crippen LogP contribution is 2.36. The Morgan fingerprint density at radius 1 is 0.968 bits per heavy atom. The molecule has 0 aromatic carbocycles. The Morgan fingerprint density at radius 3 is 2.23 bits per heavy atom. The van der Waals surface area contributed by atoms with Crippen LogP contribution in [0.4, 0.5) is 35.1 Å². The zero-order chi connectivity index (χ0) is 23.2. The molecule has 31 heavy (non-hydrogen) atoms. The average Bonchev–Trinajstić information content (AvgIpc) is 3.07. The number of hydrogen-bond acceptors (Lipinski definition) is 3. The molecule has 0 bridgehead atoms. The molecule has 0 radical (unpaired) electrons. The van der Waals surface area contributed by atoms with Gasteiger partial charge in [0, 0.05) is 18.9 Å². The standard InChI is InChI=1S/C18H13F8N3O2/c1-2-29-14(31-9-16(19,20)18(24,25)26)6-4-11(15(29)30)12-8-28-7-10(17(21,22)23)3-5-13(28)27-12/h3-8H,2,9H2,1H3. The number of rotatable bonds is 5. The van der Waals surface area contributed by atoms with Gasteiger partial charge in [0.2, 0.25) is 0 Å². The van der Waals surface area contributed by atoms with Crippen molar-refractivity contribution in [3.8, 4) is 17.1 Å². The lowest BCUT2D eigenvalue weighted by molar-refractivity contribution is -0.290. The third-order valence-corrected chi connectivity index (χ3v) is 4.32. The second-order valence-electron chi connectivity index (χ2n) is 6.43. The van der Waals surface area contributed by atoms with E-state index in [9.17, 15) is 39.9 Å². The summed E-state index contributed by atoms with van der Waals surface area (Å²) in [5.41, 5.74) is -1.78. The summed E-state index contributed by atoms with van der Waals surface area (Å²) in [7, 11) is 0. The van der Waals surface area contributed by atoms with Crippen molar-refractivity contribution in [2.45, 2.75) is 31.7 Å². The maximum atomic E-state index is 13.1. The van der Waals surface area contributed by atoms with E-state index in [1.807, 2.05) is 0 Å². The van der Waals surface area contributed by atoms with E-state index in [2.05, 4.69) is 9.72 Å². The van der Waals surface area contributed by atoms with Gasteiger partial charge in [-0.3, -0.25) is 9.36 Å². The Morgan fingerprint density at radius 2 is 1.65 bits per heavy atom. The van der Waals surface area contributed by atoms with Gasteiger partial charge >= 0.3 is 18.3 Å². The summed E-state index contributed by atoms with van der Waals surface area (Å²) >= 11 is 0. The van der Waals surface area contributed by atoms with Crippen LogP contribution in [0.25, 0.3) is 16.9 Å². The van der Waals surface area contributed by atoms with Gasteiger partial charge in [-0.1, -0.05) is 0 Å². The van der Waals surface area contributed by atoms with Crippen LogP contribution in [0, 0.1) is 0 Å². The third-order valence-electron chi connectivity index (χ3n) is 4.32. The molecule has 3 heterocycles. The van der Waals surface area contributed by atoms with Gasteiger partial charge in [0.1, 0.15) is 5.65 Å². The number of nitrogens with zero attached hydrogens (tertiary/aromatic N) is 3. The average molecular weight is 455 g/mol. The van der Waals surface area contributed by atoms with E-state index in [4.69, 9.17) is 0 Å². The Kier molecular flexibility index (Phi) is 5.48. The van der Waals surface area contributed by atoms with Gasteiger partial charge < -0.3 is 9.14 Å².